The first-order valence-corrected chi connectivity index (χ1v) is 35.6. The summed E-state index contributed by atoms with van der Waals surface area (Å²) in [6.07, 6.45) is 0. The van der Waals surface area contributed by atoms with Crippen LogP contribution in [0.3, 0.4) is 0 Å². The number of para-hydroxylation sites is 1. The molecular formula is C93H62N2Si. The molecule has 2 aliphatic heterocycles. The third kappa shape index (κ3) is 7.75. The van der Waals surface area contributed by atoms with Gasteiger partial charge in [-0.25, -0.2) is 0 Å². The highest BCUT2D eigenvalue weighted by atomic mass is 28.3. The van der Waals surface area contributed by atoms with Crippen molar-refractivity contribution in [2.24, 2.45) is 0 Å². The minimum Gasteiger partial charge on any atom is -0.310 e. The fourth-order valence-electron chi connectivity index (χ4n) is 17.6. The van der Waals surface area contributed by atoms with E-state index in [-0.39, 0.29) is 0 Å². The summed E-state index contributed by atoms with van der Waals surface area (Å²) in [4.78, 5) is 2.51. The molecule has 0 aliphatic carbocycles. The largest absolute Gasteiger partial charge is 0.310 e. The van der Waals surface area contributed by atoms with Crippen LogP contribution in [0.25, 0.3) is 137 Å². The first kappa shape index (κ1) is 54.7. The van der Waals surface area contributed by atoms with E-state index in [4.69, 9.17) is 0 Å². The van der Waals surface area contributed by atoms with E-state index < -0.39 is 13.5 Å². The van der Waals surface area contributed by atoms with Gasteiger partial charge in [0.25, 0.3) is 0 Å². The van der Waals surface area contributed by atoms with Gasteiger partial charge in [-0.15, -0.1) is 0 Å². The standard InChI is InChI=1S/C93H62N2Si/c1-93(2)80-56-64(46-52-84(80)94(67-48-42-60(43-49-67)59-24-7-3-8-25-59)85-53-47-65(57-81(85)93)89-74-37-17-15-35-72(74)88(61-26-9-4-10-27-61)73-36-16-18-38-75(73)89)63-45-51-83-78(54-63)70-33-19-21-40-82(70)95(83)86-58-66-55-79-71-34-20-22-41-87(71)96(68-29-11-5-12-30-68,69-31-13-6-14-32-69)92(79)77-50-44-62-28-23-39-76(86)90(62)91(66)77/h3-58H,1-2H3. The number of hydrogen-bond acceptors (Lipinski definition) is 1. The van der Waals surface area contributed by atoms with Gasteiger partial charge in [-0.3, -0.25) is 0 Å². The van der Waals surface area contributed by atoms with Gasteiger partial charge in [0.1, 0.15) is 0 Å². The van der Waals surface area contributed by atoms with E-state index in [1.54, 1.807) is 0 Å². The Balaban J connectivity index is 0.765. The van der Waals surface area contributed by atoms with Gasteiger partial charge < -0.3 is 9.47 Å². The number of aromatic nitrogens is 1. The Labute approximate surface area is 558 Å². The summed E-state index contributed by atoms with van der Waals surface area (Å²) in [5.74, 6) is 0. The van der Waals surface area contributed by atoms with Crippen LogP contribution in [0.5, 0.6) is 0 Å². The van der Waals surface area contributed by atoms with Crippen LogP contribution >= 0.6 is 0 Å². The Morgan fingerprint density at radius 3 is 1.44 bits per heavy atom. The van der Waals surface area contributed by atoms with E-state index >= 15 is 0 Å². The first-order valence-electron chi connectivity index (χ1n) is 33.6. The minimum atomic E-state index is -2.81. The maximum atomic E-state index is 2.56. The van der Waals surface area contributed by atoms with Gasteiger partial charge in [0, 0.05) is 27.3 Å². The van der Waals surface area contributed by atoms with Crippen molar-refractivity contribution >= 4 is 122 Å². The van der Waals surface area contributed by atoms with E-state index in [9.17, 15) is 0 Å². The molecule has 96 heavy (non-hydrogen) atoms. The van der Waals surface area contributed by atoms with Crippen LogP contribution in [-0.2, 0) is 5.41 Å². The lowest BCUT2D eigenvalue weighted by Crippen LogP contribution is -2.73. The normalized spacial score (nSPS) is 13.7. The molecule has 0 N–H and O–H groups in total. The van der Waals surface area contributed by atoms with Crippen molar-refractivity contribution in [3.8, 4) is 61.3 Å². The van der Waals surface area contributed by atoms with Crippen LogP contribution in [0.2, 0.25) is 0 Å². The van der Waals surface area contributed by atoms with Crippen molar-refractivity contribution in [3.63, 3.8) is 0 Å². The molecule has 448 valence electrons. The molecule has 0 saturated carbocycles. The minimum absolute atomic E-state index is 0.407. The molecule has 0 bridgehead atoms. The van der Waals surface area contributed by atoms with Gasteiger partial charge in [-0.1, -0.05) is 287 Å². The van der Waals surface area contributed by atoms with Gasteiger partial charge >= 0.3 is 0 Å². The Morgan fingerprint density at radius 2 is 0.771 bits per heavy atom. The molecule has 17 aromatic carbocycles. The molecule has 3 heteroatoms. The molecule has 2 nitrogen and oxygen atoms in total. The van der Waals surface area contributed by atoms with E-state index in [0.717, 1.165) is 5.69 Å². The lowest BCUT2D eigenvalue weighted by molar-refractivity contribution is 0.632. The Morgan fingerprint density at radius 1 is 0.281 bits per heavy atom. The van der Waals surface area contributed by atoms with Gasteiger partial charge in [0.2, 0.25) is 0 Å². The number of benzene rings is 17. The molecule has 20 rings (SSSR count). The first-order chi connectivity index (χ1) is 47.4. The number of rotatable bonds is 8. The smallest absolute Gasteiger partial charge is 0.181 e. The summed E-state index contributed by atoms with van der Waals surface area (Å²) in [6, 6.07) is 129. The zero-order valence-electron chi connectivity index (χ0n) is 53.2. The number of hydrogen-bond donors (Lipinski definition) is 0. The van der Waals surface area contributed by atoms with E-state index in [0.29, 0.717) is 0 Å². The fourth-order valence-corrected chi connectivity index (χ4v) is 22.9. The van der Waals surface area contributed by atoms with Crippen molar-refractivity contribution in [2.45, 2.75) is 19.3 Å². The average Bonchev–Trinajstić information content (AvgIpc) is 1.56. The summed E-state index contributed by atoms with van der Waals surface area (Å²) in [5, 5.41) is 21.1. The van der Waals surface area contributed by atoms with Crippen LogP contribution in [0.15, 0.2) is 340 Å². The molecule has 0 unspecified atom stereocenters. The van der Waals surface area contributed by atoms with Crippen molar-refractivity contribution in [1.82, 2.24) is 4.57 Å². The second kappa shape index (κ2) is 20.8. The van der Waals surface area contributed by atoms with Crippen LogP contribution in [0.4, 0.5) is 17.1 Å². The maximum absolute atomic E-state index is 2.81. The Kier molecular flexibility index (Phi) is 11.8. The lowest BCUT2D eigenvalue weighted by atomic mass is 9.72. The summed E-state index contributed by atoms with van der Waals surface area (Å²) in [5.41, 5.74) is 21.7. The lowest BCUT2D eigenvalue weighted by Gasteiger charge is -2.42. The van der Waals surface area contributed by atoms with Crippen molar-refractivity contribution in [1.29, 1.82) is 0 Å². The molecule has 18 aromatic rings. The molecule has 0 saturated heterocycles. The topological polar surface area (TPSA) is 8.17 Å². The van der Waals surface area contributed by atoms with Crippen LogP contribution in [-0.4, -0.2) is 12.6 Å². The Hall–Kier alpha value is -11.9. The second-order valence-corrected chi connectivity index (χ2v) is 30.7. The highest BCUT2D eigenvalue weighted by Crippen LogP contribution is 2.55. The molecular weight excluding hydrogens is 1170 g/mol. The molecule has 3 heterocycles. The maximum Gasteiger partial charge on any atom is 0.181 e. The van der Waals surface area contributed by atoms with Crippen LogP contribution < -0.4 is 25.6 Å². The molecule has 0 fully saturated rings. The monoisotopic (exact) mass is 1230 g/mol. The summed E-state index contributed by atoms with van der Waals surface area (Å²) in [7, 11) is -2.81. The van der Waals surface area contributed by atoms with Gasteiger partial charge in [0.15, 0.2) is 8.07 Å². The Bertz CT molecular complexity index is 6110. The number of fused-ring (bicyclic) bond motifs is 11. The highest BCUT2D eigenvalue weighted by molar-refractivity contribution is 7.23. The molecule has 0 atom stereocenters. The van der Waals surface area contributed by atoms with E-state index in [1.807, 2.05) is 0 Å². The zero-order valence-corrected chi connectivity index (χ0v) is 54.2. The van der Waals surface area contributed by atoms with Gasteiger partial charge in [-0.05, 0) is 203 Å². The van der Waals surface area contributed by atoms with Crippen molar-refractivity contribution in [3.05, 3.63) is 351 Å². The second-order valence-electron chi connectivity index (χ2n) is 27.0. The number of anilines is 3. The fraction of sp³-hybridized carbons (Fsp3) is 0.0323. The highest BCUT2D eigenvalue weighted by Gasteiger charge is 2.50. The molecule has 0 amide bonds. The van der Waals surface area contributed by atoms with E-state index in [1.165, 1.54) is 180 Å². The summed E-state index contributed by atoms with van der Waals surface area (Å²) < 4.78 is 2.56. The number of nitrogens with zero attached hydrogens (tertiary/aromatic N) is 2. The van der Waals surface area contributed by atoms with E-state index in [2.05, 4.69) is 363 Å². The average molecular weight is 1240 g/mol. The SMILES string of the molecule is CC1(C)c2cc(-c3ccc4c(c3)c3ccccc3n4-c3cc4cc5c(c6ccc7cccc3c7c46)[Si](c3ccccc3)(c3ccccc3)c3ccccc3-5)ccc2N(c2ccc(-c3ccccc3)cc2)c2ccc(-c3c4ccccc4c(-c4ccccc4)c4ccccc34)cc21. The quantitative estimate of drug-likeness (QED) is 0.0836. The third-order valence-electron chi connectivity index (χ3n) is 21.7. The van der Waals surface area contributed by atoms with Crippen molar-refractivity contribution in [2.75, 3.05) is 4.90 Å². The zero-order chi connectivity index (χ0) is 63.4. The summed E-state index contributed by atoms with van der Waals surface area (Å²) >= 11 is 0. The van der Waals surface area contributed by atoms with Crippen LogP contribution in [0.1, 0.15) is 25.0 Å². The molecule has 0 spiro atoms. The third-order valence-corrected chi connectivity index (χ3v) is 26.7. The van der Waals surface area contributed by atoms with Crippen molar-refractivity contribution < 1.29 is 0 Å². The molecule has 0 radical (unpaired) electrons. The van der Waals surface area contributed by atoms with Gasteiger partial charge in [0.05, 0.1) is 28.1 Å². The summed E-state index contributed by atoms with van der Waals surface area (Å²) in [6.45, 7) is 4.88. The van der Waals surface area contributed by atoms with Crippen LogP contribution in [0, 0.1) is 0 Å². The molecule has 1 aromatic heterocycles. The predicted molar refractivity (Wildman–Crippen MR) is 411 cm³/mol. The van der Waals surface area contributed by atoms with Gasteiger partial charge in [-0.2, -0.15) is 0 Å². The predicted octanol–water partition coefficient (Wildman–Crippen LogP) is 22.1. The molecule has 2 aliphatic rings.